The number of aromatic amines is 1. The molecule has 262 valence electrons. The minimum Gasteiger partial charge on any atom is -0.488 e. The highest BCUT2D eigenvalue weighted by Gasteiger charge is 2.28. The van der Waals surface area contributed by atoms with E-state index in [9.17, 15) is 19.2 Å². The number of rotatable bonds is 9. The van der Waals surface area contributed by atoms with E-state index in [0.29, 0.717) is 52.4 Å². The predicted octanol–water partition coefficient (Wildman–Crippen LogP) is 8.33. The van der Waals surface area contributed by atoms with E-state index in [1.54, 1.807) is 59.9 Å². The van der Waals surface area contributed by atoms with Gasteiger partial charge in [-0.25, -0.2) is 9.59 Å². The zero-order chi connectivity index (χ0) is 36.5. The maximum atomic E-state index is 14.7. The van der Waals surface area contributed by atoms with Crippen molar-refractivity contribution in [3.8, 4) is 38.4 Å². The molecule has 4 aromatic carbocycles. The number of methoxy groups -OCH3 is 2. The molecule has 0 bridgehead atoms. The second-order valence-electron chi connectivity index (χ2n) is 12.8. The van der Waals surface area contributed by atoms with Crippen LogP contribution in [-0.2, 0) is 16.1 Å². The summed E-state index contributed by atoms with van der Waals surface area (Å²) in [6.07, 6.45) is 1.81. The van der Waals surface area contributed by atoms with Crippen LogP contribution in [0.2, 0.25) is 0 Å². The molecule has 3 N–H and O–H groups in total. The SMILES string of the molecule is COC(=O)c1cccc(-c2c(NC(=O)c3cc4c(cc3-c3ccc(C(=O)NCC(C)C)cc3C(=O)OC)OCc3ccsc3-4)ccc3[nH]ccc23)c1. The second kappa shape index (κ2) is 14.2. The van der Waals surface area contributed by atoms with Gasteiger partial charge in [0.15, 0.2) is 0 Å². The van der Waals surface area contributed by atoms with Crippen LogP contribution >= 0.6 is 11.3 Å². The van der Waals surface area contributed by atoms with Crippen molar-refractivity contribution in [3.05, 3.63) is 118 Å². The molecule has 1 aliphatic rings. The number of benzene rings is 4. The van der Waals surface area contributed by atoms with Crippen LogP contribution in [0.3, 0.4) is 0 Å². The van der Waals surface area contributed by atoms with E-state index in [1.165, 1.54) is 20.3 Å². The average Bonchev–Trinajstić information content (AvgIpc) is 3.86. The topological polar surface area (TPSA) is 136 Å². The summed E-state index contributed by atoms with van der Waals surface area (Å²) in [4.78, 5) is 57.7. The molecule has 0 unspecified atom stereocenters. The first-order chi connectivity index (χ1) is 25.2. The lowest BCUT2D eigenvalue weighted by Crippen LogP contribution is -2.27. The second-order valence-corrected chi connectivity index (χ2v) is 13.7. The molecule has 3 heterocycles. The van der Waals surface area contributed by atoms with E-state index < -0.39 is 17.8 Å². The van der Waals surface area contributed by atoms with Crippen molar-refractivity contribution in [3.63, 3.8) is 0 Å². The lowest BCUT2D eigenvalue weighted by atomic mass is 9.90. The van der Waals surface area contributed by atoms with Crippen LogP contribution in [0.1, 0.15) is 60.8 Å². The Hall–Kier alpha value is -6.20. The Bertz CT molecular complexity index is 2390. The van der Waals surface area contributed by atoms with Crippen LogP contribution in [0.4, 0.5) is 5.69 Å². The fourth-order valence-corrected chi connectivity index (χ4v) is 7.32. The third-order valence-electron chi connectivity index (χ3n) is 8.94. The molecule has 0 radical (unpaired) electrons. The number of ether oxygens (including phenoxy) is 3. The summed E-state index contributed by atoms with van der Waals surface area (Å²) in [5.74, 6) is -1.12. The highest BCUT2D eigenvalue weighted by atomic mass is 32.1. The zero-order valence-electron chi connectivity index (χ0n) is 28.9. The number of anilines is 1. The number of hydrogen-bond acceptors (Lipinski definition) is 8. The number of carbonyl (C=O) groups excluding carboxylic acids is 4. The molecule has 10 nitrogen and oxygen atoms in total. The van der Waals surface area contributed by atoms with Crippen LogP contribution in [0, 0.1) is 5.92 Å². The van der Waals surface area contributed by atoms with Crippen LogP contribution in [0.5, 0.6) is 5.75 Å². The number of amides is 2. The summed E-state index contributed by atoms with van der Waals surface area (Å²) in [5, 5.41) is 8.84. The maximum Gasteiger partial charge on any atom is 0.338 e. The van der Waals surface area contributed by atoms with Crippen LogP contribution in [-0.4, -0.2) is 49.5 Å². The molecule has 0 atom stereocenters. The van der Waals surface area contributed by atoms with Crippen molar-refractivity contribution in [1.29, 1.82) is 0 Å². The molecular formula is C41H35N3O7S. The highest BCUT2D eigenvalue weighted by Crippen LogP contribution is 2.45. The van der Waals surface area contributed by atoms with Crippen molar-refractivity contribution >= 4 is 51.7 Å². The predicted molar refractivity (Wildman–Crippen MR) is 201 cm³/mol. The number of H-pyrrole nitrogens is 1. The minimum absolute atomic E-state index is 0.121. The van der Waals surface area contributed by atoms with Gasteiger partial charge in [0.25, 0.3) is 11.8 Å². The molecule has 11 heteroatoms. The third kappa shape index (κ3) is 6.42. The fourth-order valence-electron chi connectivity index (χ4n) is 6.38. The number of fused-ring (bicyclic) bond motifs is 4. The molecule has 1 aliphatic heterocycles. The van der Waals surface area contributed by atoms with Crippen LogP contribution < -0.4 is 15.4 Å². The van der Waals surface area contributed by atoms with Gasteiger partial charge in [0.05, 0.1) is 25.3 Å². The van der Waals surface area contributed by atoms with E-state index in [1.807, 2.05) is 49.7 Å². The van der Waals surface area contributed by atoms with E-state index in [2.05, 4.69) is 15.6 Å². The zero-order valence-corrected chi connectivity index (χ0v) is 29.7. The molecule has 52 heavy (non-hydrogen) atoms. The molecule has 0 spiro atoms. The van der Waals surface area contributed by atoms with Crippen LogP contribution in [0.15, 0.2) is 90.4 Å². The first-order valence-electron chi connectivity index (χ1n) is 16.7. The third-order valence-corrected chi connectivity index (χ3v) is 9.93. The van der Waals surface area contributed by atoms with Gasteiger partial charge in [0.1, 0.15) is 12.4 Å². The Morgan fingerprint density at radius 2 is 1.65 bits per heavy atom. The number of carbonyl (C=O) groups is 4. The number of nitrogens with one attached hydrogen (secondary N) is 3. The Morgan fingerprint density at radius 3 is 2.44 bits per heavy atom. The summed E-state index contributed by atoms with van der Waals surface area (Å²) in [5.41, 5.74) is 6.36. The summed E-state index contributed by atoms with van der Waals surface area (Å²) in [7, 11) is 2.60. The smallest absolute Gasteiger partial charge is 0.338 e. The molecule has 2 aromatic heterocycles. The number of thiophene rings is 1. The van der Waals surface area contributed by atoms with Crippen molar-refractivity contribution in [2.45, 2.75) is 20.5 Å². The van der Waals surface area contributed by atoms with E-state index in [0.717, 1.165) is 26.9 Å². The standard InChI is InChI=1S/C41H35N3O7S/c1-22(2)20-43-38(45)24-8-9-27(31(17-24)41(48)50-4)29-19-35-32(37-26(21-51-35)13-15-52-37)18-30(29)39(46)44-34-11-10-33-28(12-14-42-33)36(34)23-6-5-7-25(16-23)40(47)49-3/h5-19,22,42H,20-21H2,1-4H3,(H,43,45)(H,44,46). The summed E-state index contributed by atoms with van der Waals surface area (Å²) in [6.45, 7) is 4.81. The largest absolute Gasteiger partial charge is 0.488 e. The van der Waals surface area contributed by atoms with Crippen LogP contribution in [0.25, 0.3) is 43.6 Å². The van der Waals surface area contributed by atoms with Gasteiger partial charge >= 0.3 is 11.9 Å². The van der Waals surface area contributed by atoms with Crippen molar-refractivity contribution in [1.82, 2.24) is 10.3 Å². The quantitative estimate of drug-likeness (QED) is 0.128. The van der Waals surface area contributed by atoms with Crippen molar-refractivity contribution < 1.29 is 33.4 Å². The molecule has 0 fully saturated rings. The number of aromatic nitrogens is 1. The van der Waals surface area contributed by atoms with Gasteiger partial charge in [-0.3, -0.25) is 9.59 Å². The molecule has 6 aromatic rings. The normalized spacial score (nSPS) is 11.7. The van der Waals surface area contributed by atoms with Crippen molar-refractivity contribution in [2.75, 3.05) is 26.1 Å². The Balaban J connectivity index is 1.38. The first-order valence-corrected chi connectivity index (χ1v) is 17.5. The molecular weight excluding hydrogens is 679 g/mol. The molecule has 0 saturated carbocycles. The van der Waals surface area contributed by atoms with Gasteiger partial charge < -0.3 is 29.8 Å². The van der Waals surface area contributed by atoms with E-state index in [4.69, 9.17) is 14.2 Å². The lowest BCUT2D eigenvalue weighted by molar-refractivity contribution is 0.0592. The number of hydrogen-bond donors (Lipinski definition) is 3. The average molecular weight is 714 g/mol. The number of esters is 2. The Labute approximate surface area is 303 Å². The first kappa shape index (κ1) is 34.3. The van der Waals surface area contributed by atoms with Gasteiger partial charge in [-0.05, 0) is 88.7 Å². The van der Waals surface area contributed by atoms with Crippen molar-refractivity contribution in [2.24, 2.45) is 5.92 Å². The lowest BCUT2D eigenvalue weighted by Gasteiger charge is -2.22. The van der Waals surface area contributed by atoms with Gasteiger partial charge in [-0.15, -0.1) is 11.3 Å². The molecule has 7 rings (SSSR count). The minimum atomic E-state index is -0.662. The van der Waals surface area contributed by atoms with Gasteiger partial charge in [0.2, 0.25) is 0 Å². The molecule has 2 amide bonds. The monoisotopic (exact) mass is 713 g/mol. The Kier molecular flexibility index (Phi) is 9.35. The van der Waals surface area contributed by atoms with E-state index >= 15 is 0 Å². The van der Waals surface area contributed by atoms with Gasteiger partial charge in [-0.2, -0.15) is 0 Å². The van der Waals surface area contributed by atoms with E-state index in [-0.39, 0.29) is 28.5 Å². The summed E-state index contributed by atoms with van der Waals surface area (Å²) >= 11 is 1.55. The fraction of sp³-hybridized carbons (Fsp3) is 0.171. The van der Waals surface area contributed by atoms with Gasteiger partial charge in [0, 0.05) is 62.0 Å². The Morgan fingerprint density at radius 1 is 0.827 bits per heavy atom. The highest BCUT2D eigenvalue weighted by molar-refractivity contribution is 7.13. The van der Waals surface area contributed by atoms with Gasteiger partial charge in [-0.1, -0.05) is 32.0 Å². The summed E-state index contributed by atoms with van der Waals surface area (Å²) in [6, 6.07) is 22.9. The summed E-state index contributed by atoms with van der Waals surface area (Å²) < 4.78 is 16.3. The maximum absolute atomic E-state index is 14.7. The molecule has 0 saturated heterocycles. The molecule has 0 aliphatic carbocycles.